The first kappa shape index (κ1) is 21.9. The predicted octanol–water partition coefficient (Wildman–Crippen LogP) is 3.08. The van der Waals surface area contributed by atoms with Crippen LogP contribution in [0.3, 0.4) is 0 Å². The van der Waals surface area contributed by atoms with Crippen LogP contribution in [0.2, 0.25) is 0 Å². The van der Waals surface area contributed by atoms with Gasteiger partial charge < -0.3 is 24.0 Å². The number of aryl methyl sites for hydroxylation is 1. The Hall–Kier alpha value is -2.31. The van der Waals surface area contributed by atoms with Crippen molar-refractivity contribution in [3.05, 3.63) is 52.3 Å². The zero-order valence-electron chi connectivity index (χ0n) is 19.5. The molecule has 0 spiro atoms. The lowest BCUT2D eigenvalue weighted by atomic mass is 10.1. The molecule has 2 saturated heterocycles. The highest BCUT2D eigenvalue weighted by molar-refractivity contribution is 5.96. The number of aromatic nitrogens is 1. The summed E-state index contributed by atoms with van der Waals surface area (Å²) in [4.78, 5) is 20.6. The first-order chi connectivity index (χ1) is 15.0. The number of morpholine rings is 1. The number of hydrogen-bond donors (Lipinski definition) is 0. The van der Waals surface area contributed by atoms with E-state index in [1.807, 2.05) is 4.90 Å². The fourth-order valence-electron chi connectivity index (χ4n) is 4.90. The molecule has 2 aliphatic heterocycles. The van der Waals surface area contributed by atoms with E-state index in [4.69, 9.17) is 4.74 Å². The van der Waals surface area contributed by atoms with Gasteiger partial charge in [-0.15, -0.1) is 0 Å². The second-order valence-electron chi connectivity index (χ2n) is 8.81. The summed E-state index contributed by atoms with van der Waals surface area (Å²) in [5.41, 5.74) is 6.82. The molecule has 0 saturated carbocycles. The van der Waals surface area contributed by atoms with Crippen molar-refractivity contribution in [3.63, 3.8) is 0 Å². The monoisotopic (exact) mass is 424 g/mol. The average molecular weight is 425 g/mol. The molecular formula is C25H36N4O2. The minimum atomic E-state index is 0.169. The van der Waals surface area contributed by atoms with Crippen molar-refractivity contribution in [2.75, 3.05) is 63.9 Å². The molecule has 1 aromatic heterocycles. The summed E-state index contributed by atoms with van der Waals surface area (Å²) >= 11 is 0. The lowest BCUT2D eigenvalue weighted by Crippen LogP contribution is -2.49. The second-order valence-corrected chi connectivity index (χ2v) is 8.81. The van der Waals surface area contributed by atoms with Crippen LogP contribution in [0.1, 0.15) is 39.8 Å². The molecule has 1 aromatic carbocycles. The number of ether oxygens (including phenoxy) is 1. The van der Waals surface area contributed by atoms with Crippen molar-refractivity contribution >= 4 is 11.6 Å². The summed E-state index contributed by atoms with van der Waals surface area (Å²) in [5, 5.41) is 0. The minimum Gasteiger partial charge on any atom is -0.378 e. The Morgan fingerprint density at radius 2 is 1.58 bits per heavy atom. The molecule has 1 amide bonds. The fourth-order valence-corrected chi connectivity index (χ4v) is 4.90. The van der Waals surface area contributed by atoms with Crippen molar-refractivity contribution in [1.82, 2.24) is 14.4 Å². The Bertz CT molecular complexity index is 905. The molecule has 0 bridgehead atoms. The van der Waals surface area contributed by atoms with Crippen LogP contribution >= 0.6 is 0 Å². The largest absolute Gasteiger partial charge is 0.378 e. The van der Waals surface area contributed by atoms with E-state index in [2.05, 4.69) is 66.3 Å². The normalized spacial score (nSPS) is 17.9. The highest BCUT2D eigenvalue weighted by Crippen LogP contribution is 2.33. The van der Waals surface area contributed by atoms with Crippen LogP contribution in [0.5, 0.6) is 0 Å². The number of carbonyl (C=O) groups excluding carboxylic acids is 1. The first-order valence-electron chi connectivity index (χ1n) is 11.6. The molecule has 2 fully saturated rings. The molecule has 168 valence electrons. The summed E-state index contributed by atoms with van der Waals surface area (Å²) in [6.45, 7) is 17.1. The fraction of sp³-hybridized carbons (Fsp3) is 0.560. The number of benzene rings is 1. The van der Waals surface area contributed by atoms with Gasteiger partial charge >= 0.3 is 0 Å². The SMILES string of the molecule is CCN1CCN(C(=O)c2c(C)c(N3CCOCC3)c(C)n2Cc2ccc(C)cc2)CC1. The van der Waals surface area contributed by atoms with Crippen LogP contribution in [0.4, 0.5) is 5.69 Å². The van der Waals surface area contributed by atoms with Crippen LogP contribution in [-0.4, -0.2) is 79.3 Å². The third kappa shape index (κ3) is 4.51. The highest BCUT2D eigenvalue weighted by Gasteiger charge is 2.30. The van der Waals surface area contributed by atoms with E-state index in [0.29, 0.717) is 6.54 Å². The highest BCUT2D eigenvalue weighted by atomic mass is 16.5. The van der Waals surface area contributed by atoms with Gasteiger partial charge in [-0.2, -0.15) is 0 Å². The average Bonchev–Trinajstić information content (AvgIpc) is 3.04. The van der Waals surface area contributed by atoms with E-state index in [1.54, 1.807) is 0 Å². The van der Waals surface area contributed by atoms with Gasteiger partial charge in [0.25, 0.3) is 5.91 Å². The molecule has 6 nitrogen and oxygen atoms in total. The number of piperazine rings is 1. The van der Waals surface area contributed by atoms with Gasteiger partial charge in [-0.1, -0.05) is 36.8 Å². The van der Waals surface area contributed by atoms with Crippen LogP contribution in [0.25, 0.3) is 0 Å². The van der Waals surface area contributed by atoms with E-state index in [0.717, 1.165) is 70.3 Å². The van der Waals surface area contributed by atoms with Gasteiger partial charge in [0.1, 0.15) is 5.69 Å². The Kier molecular flexibility index (Phi) is 6.68. The van der Waals surface area contributed by atoms with E-state index in [9.17, 15) is 4.79 Å². The lowest BCUT2D eigenvalue weighted by molar-refractivity contribution is 0.0632. The molecule has 31 heavy (non-hydrogen) atoms. The van der Waals surface area contributed by atoms with Gasteiger partial charge in [-0.05, 0) is 32.9 Å². The van der Waals surface area contributed by atoms with E-state index in [1.165, 1.54) is 22.5 Å². The topological polar surface area (TPSA) is 40.9 Å². The number of carbonyl (C=O) groups is 1. The van der Waals surface area contributed by atoms with Gasteiger partial charge in [0.15, 0.2) is 0 Å². The molecule has 0 N–H and O–H groups in total. The number of amides is 1. The van der Waals surface area contributed by atoms with Gasteiger partial charge in [0.2, 0.25) is 0 Å². The van der Waals surface area contributed by atoms with Crippen molar-refractivity contribution < 1.29 is 9.53 Å². The molecule has 6 heteroatoms. The quantitative estimate of drug-likeness (QED) is 0.740. The second kappa shape index (κ2) is 9.45. The summed E-state index contributed by atoms with van der Waals surface area (Å²) < 4.78 is 7.83. The maximum Gasteiger partial charge on any atom is 0.270 e. The molecule has 2 aromatic rings. The maximum atomic E-state index is 13.8. The summed E-state index contributed by atoms with van der Waals surface area (Å²) in [6.07, 6.45) is 0. The standard InChI is InChI=1S/C25H36N4O2/c1-5-26-10-12-28(13-11-26)25(30)24-20(3)23(27-14-16-31-17-15-27)21(4)29(24)18-22-8-6-19(2)7-9-22/h6-9H,5,10-18H2,1-4H3. The molecule has 3 heterocycles. The molecule has 4 rings (SSSR count). The van der Waals surface area contributed by atoms with E-state index < -0.39 is 0 Å². The predicted molar refractivity (Wildman–Crippen MR) is 125 cm³/mol. The van der Waals surface area contributed by atoms with Crippen LogP contribution in [0.15, 0.2) is 24.3 Å². The smallest absolute Gasteiger partial charge is 0.270 e. The lowest BCUT2D eigenvalue weighted by Gasteiger charge is -2.34. The van der Waals surface area contributed by atoms with Gasteiger partial charge in [-0.25, -0.2) is 0 Å². The van der Waals surface area contributed by atoms with Gasteiger partial charge in [0.05, 0.1) is 18.9 Å². The van der Waals surface area contributed by atoms with Gasteiger partial charge in [-0.3, -0.25) is 4.79 Å². The number of likely N-dealkylation sites (N-methyl/N-ethyl adjacent to an activating group) is 1. The van der Waals surface area contributed by atoms with E-state index >= 15 is 0 Å². The van der Waals surface area contributed by atoms with Crippen molar-refractivity contribution in [2.24, 2.45) is 0 Å². The van der Waals surface area contributed by atoms with E-state index in [-0.39, 0.29) is 5.91 Å². The molecule has 0 atom stereocenters. The molecule has 0 aliphatic carbocycles. The zero-order chi connectivity index (χ0) is 22.0. The number of hydrogen-bond acceptors (Lipinski definition) is 4. The van der Waals surface area contributed by atoms with Crippen molar-refractivity contribution in [2.45, 2.75) is 34.2 Å². The molecule has 2 aliphatic rings. The molecule has 0 radical (unpaired) electrons. The molecular weight excluding hydrogens is 388 g/mol. The van der Waals surface area contributed by atoms with Crippen LogP contribution < -0.4 is 4.90 Å². The number of nitrogens with zero attached hydrogens (tertiary/aromatic N) is 4. The Balaban J connectivity index is 1.70. The van der Waals surface area contributed by atoms with Crippen molar-refractivity contribution in [3.8, 4) is 0 Å². The Morgan fingerprint density at radius 3 is 2.19 bits per heavy atom. The number of anilines is 1. The van der Waals surface area contributed by atoms with Gasteiger partial charge in [0, 0.05) is 57.1 Å². The summed E-state index contributed by atoms with van der Waals surface area (Å²) in [7, 11) is 0. The Morgan fingerprint density at radius 1 is 0.935 bits per heavy atom. The zero-order valence-corrected chi connectivity index (χ0v) is 19.5. The third-order valence-electron chi connectivity index (χ3n) is 6.83. The van der Waals surface area contributed by atoms with Crippen LogP contribution in [-0.2, 0) is 11.3 Å². The summed E-state index contributed by atoms with van der Waals surface area (Å²) in [5.74, 6) is 0.169. The summed E-state index contributed by atoms with van der Waals surface area (Å²) in [6, 6.07) is 8.64. The Labute approximate surface area is 186 Å². The van der Waals surface area contributed by atoms with Crippen molar-refractivity contribution in [1.29, 1.82) is 0 Å². The third-order valence-corrected chi connectivity index (χ3v) is 6.83. The minimum absolute atomic E-state index is 0.169. The first-order valence-corrected chi connectivity index (χ1v) is 11.6. The van der Waals surface area contributed by atoms with Crippen LogP contribution in [0, 0.1) is 20.8 Å². The molecule has 0 unspecified atom stereocenters. The number of rotatable bonds is 5. The maximum absolute atomic E-state index is 13.8.